The minimum atomic E-state index is -0.167. The largest absolute Gasteiger partial charge is 0.469 e. The molecule has 0 aromatic heterocycles. The molecule has 0 saturated heterocycles. The molecule has 0 aliphatic heterocycles. The Labute approximate surface area is 176 Å². The molecule has 4 heteroatoms. The number of carbonyl (C=O) groups excluding carboxylic acids is 2. The smallest absolute Gasteiger partial charge is 0.305 e. The molecule has 0 spiro atoms. The topological polar surface area (TPSA) is 63.6 Å². The van der Waals surface area contributed by atoms with Crippen molar-refractivity contribution in [2.45, 2.75) is 91.1 Å². The predicted molar refractivity (Wildman–Crippen MR) is 112 cm³/mol. The van der Waals surface area contributed by atoms with Crippen LogP contribution in [0.3, 0.4) is 0 Å². The van der Waals surface area contributed by atoms with Crippen molar-refractivity contribution in [1.29, 1.82) is 0 Å². The van der Waals surface area contributed by atoms with Gasteiger partial charge < -0.3 is 9.84 Å². The fourth-order valence-electron chi connectivity index (χ4n) is 8.67. The maximum Gasteiger partial charge on any atom is 0.305 e. The van der Waals surface area contributed by atoms with Crippen molar-refractivity contribution in [3.8, 4) is 0 Å². The fourth-order valence-corrected chi connectivity index (χ4v) is 8.67. The summed E-state index contributed by atoms with van der Waals surface area (Å²) >= 11 is 0. The summed E-state index contributed by atoms with van der Waals surface area (Å²) in [6, 6.07) is 0. The quantitative estimate of drug-likeness (QED) is 0.685. The number of Topliss-reactive ketones (excluding diaryl/α,β-unsaturated/α-hetero) is 1. The molecule has 4 saturated carbocycles. The number of fused-ring (bicyclic) bond motifs is 5. The van der Waals surface area contributed by atoms with Crippen molar-refractivity contribution in [3.05, 3.63) is 0 Å². The third kappa shape index (κ3) is 3.38. The van der Waals surface area contributed by atoms with E-state index in [1.54, 1.807) is 0 Å². The van der Waals surface area contributed by atoms with Crippen LogP contribution in [0, 0.1) is 46.3 Å². The Morgan fingerprint density at radius 3 is 2.66 bits per heavy atom. The summed E-state index contributed by atoms with van der Waals surface area (Å²) in [6.45, 7) is 7.03. The molecule has 0 aromatic carbocycles. The second-order valence-corrected chi connectivity index (χ2v) is 11.4. The maximum absolute atomic E-state index is 13.7. The lowest BCUT2D eigenvalue weighted by molar-refractivity contribution is -0.162. The minimum absolute atomic E-state index is 0.0885. The van der Waals surface area contributed by atoms with Crippen LogP contribution in [0.4, 0.5) is 0 Å². The van der Waals surface area contributed by atoms with Gasteiger partial charge in [-0.05, 0) is 91.8 Å². The summed E-state index contributed by atoms with van der Waals surface area (Å²) < 4.78 is 4.84. The van der Waals surface area contributed by atoms with E-state index in [2.05, 4.69) is 20.8 Å². The van der Waals surface area contributed by atoms with E-state index in [9.17, 15) is 14.7 Å². The normalized spacial score (nSPS) is 47.7. The van der Waals surface area contributed by atoms with E-state index < -0.39 is 0 Å². The van der Waals surface area contributed by atoms with Crippen LogP contribution in [0.5, 0.6) is 0 Å². The van der Waals surface area contributed by atoms with Gasteiger partial charge in [-0.25, -0.2) is 0 Å². The second-order valence-electron chi connectivity index (χ2n) is 11.4. The van der Waals surface area contributed by atoms with Gasteiger partial charge in [0, 0.05) is 18.8 Å². The van der Waals surface area contributed by atoms with Gasteiger partial charge in [-0.2, -0.15) is 0 Å². The van der Waals surface area contributed by atoms with E-state index in [4.69, 9.17) is 4.74 Å². The number of hydrogen-bond donors (Lipinski definition) is 1. The van der Waals surface area contributed by atoms with Crippen molar-refractivity contribution in [3.63, 3.8) is 0 Å². The molecular formula is C25H40O4. The third-order valence-corrected chi connectivity index (χ3v) is 10.1. The SMILES string of the molecule is COC(=O)CC[C@@H](C)[C@H]1CC[C@H]2[C@@H]3CC[C@@H]4C[C@H](O)CC[C@]4(C)[C@H]3C(=O)C[C@]12C. The van der Waals surface area contributed by atoms with E-state index in [0.29, 0.717) is 41.8 Å². The Hall–Kier alpha value is -0.900. The summed E-state index contributed by atoms with van der Waals surface area (Å²) in [7, 11) is 1.46. The molecule has 0 aromatic rings. The van der Waals surface area contributed by atoms with Crippen LogP contribution >= 0.6 is 0 Å². The number of carbonyl (C=O) groups is 2. The van der Waals surface area contributed by atoms with Crippen LogP contribution in [-0.2, 0) is 14.3 Å². The van der Waals surface area contributed by atoms with Gasteiger partial charge in [-0.3, -0.25) is 9.59 Å². The first-order chi connectivity index (χ1) is 13.7. The number of ketones is 1. The Morgan fingerprint density at radius 1 is 1.17 bits per heavy atom. The Morgan fingerprint density at radius 2 is 1.93 bits per heavy atom. The molecule has 0 bridgehead atoms. The Kier molecular flexibility index (Phi) is 5.63. The van der Waals surface area contributed by atoms with E-state index in [1.165, 1.54) is 26.4 Å². The molecule has 4 aliphatic carbocycles. The molecule has 4 aliphatic rings. The van der Waals surface area contributed by atoms with Gasteiger partial charge in [-0.1, -0.05) is 20.8 Å². The van der Waals surface area contributed by atoms with Crippen LogP contribution in [-0.4, -0.2) is 30.1 Å². The van der Waals surface area contributed by atoms with Crippen LogP contribution < -0.4 is 0 Å². The first-order valence-corrected chi connectivity index (χ1v) is 12.0. The van der Waals surface area contributed by atoms with Crippen LogP contribution in [0.15, 0.2) is 0 Å². The van der Waals surface area contributed by atoms with Crippen molar-refractivity contribution in [1.82, 2.24) is 0 Å². The van der Waals surface area contributed by atoms with Crippen LogP contribution in [0.25, 0.3) is 0 Å². The first kappa shape index (κ1) is 21.3. The summed E-state index contributed by atoms with van der Waals surface area (Å²) in [5, 5.41) is 10.2. The molecule has 0 amide bonds. The number of hydrogen-bond acceptors (Lipinski definition) is 4. The lowest BCUT2D eigenvalue weighted by Crippen LogP contribution is -2.57. The predicted octanol–water partition coefficient (Wildman–Crippen LogP) is 4.77. The second kappa shape index (κ2) is 7.66. The maximum atomic E-state index is 13.7. The molecule has 4 nitrogen and oxygen atoms in total. The number of methoxy groups -OCH3 is 1. The Bertz CT molecular complexity index is 659. The lowest BCUT2D eigenvalue weighted by atomic mass is 9.44. The van der Waals surface area contributed by atoms with Gasteiger partial charge in [0.25, 0.3) is 0 Å². The molecule has 0 radical (unpaired) electrons. The highest BCUT2D eigenvalue weighted by Gasteiger charge is 2.63. The van der Waals surface area contributed by atoms with E-state index >= 15 is 0 Å². The number of aliphatic hydroxyl groups is 1. The highest BCUT2D eigenvalue weighted by atomic mass is 16.5. The number of esters is 1. The average Bonchev–Trinajstić information content (AvgIpc) is 3.02. The third-order valence-electron chi connectivity index (χ3n) is 10.1. The van der Waals surface area contributed by atoms with Gasteiger partial charge in [-0.15, -0.1) is 0 Å². The van der Waals surface area contributed by atoms with E-state index in [-0.39, 0.29) is 28.8 Å². The molecule has 0 heterocycles. The zero-order valence-corrected chi connectivity index (χ0v) is 18.8. The lowest BCUT2D eigenvalue weighted by Gasteiger charge is -2.60. The summed E-state index contributed by atoms with van der Waals surface area (Å²) in [6.07, 6.45) is 9.42. The van der Waals surface area contributed by atoms with Crippen LogP contribution in [0.1, 0.15) is 85.0 Å². The highest BCUT2D eigenvalue weighted by Crippen LogP contribution is 2.67. The molecule has 4 rings (SSSR count). The Balaban J connectivity index is 1.54. The number of ether oxygens (including phenoxy) is 1. The first-order valence-electron chi connectivity index (χ1n) is 12.0. The van der Waals surface area contributed by atoms with Crippen molar-refractivity contribution >= 4 is 11.8 Å². The minimum Gasteiger partial charge on any atom is -0.469 e. The van der Waals surface area contributed by atoms with Gasteiger partial charge >= 0.3 is 5.97 Å². The summed E-state index contributed by atoms with van der Waals surface area (Å²) in [5.41, 5.74) is 0.181. The number of rotatable bonds is 4. The fraction of sp³-hybridized carbons (Fsp3) is 0.920. The van der Waals surface area contributed by atoms with Gasteiger partial charge in [0.05, 0.1) is 13.2 Å². The molecule has 164 valence electrons. The molecule has 29 heavy (non-hydrogen) atoms. The van der Waals surface area contributed by atoms with E-state index in [1.807, 2.05) is 0 Å². The van der Waals surface area contributed by atoms with Gasteiger partial charge in [0.1, 0.15) is 5.78 Å². The highest BCUT2D eigenvalue weighted by molar-refractivity contribution is 5.84. The molecule has 1 N–H and O–H groups in total. The average molecular weight is 405 g/mol. The molecule has 9 atom stereocenters. The number of aliphatic hydroxyl groups excluding tert-OH is 1. The molecule has 4 fully saturated rings. The standard InChI is InChI=1S/C25H40O4/c1-15(5-10-22(28)29-4)19-8-9-20-18-7-6-16-13-17(26)11-12-24(16,2)23(18)21(27)14-25(19,20)3/h15-20,23,26H,5-14H2,1-4H3/t15-,16-,17-,18+,19-,20+,23-,24+,25-/m1/s1. The van der Waals surface area contributed by atoms with E-state index in [0.717, 1.165) is 38.5 Å². The molecule has 0 unspecified atom stereocenters. The summed E-state index contributed by atoms with van der Waals surface area (Å²) in [4.78, 5) is 25.3. The van der Waals surface area contributed by atoms with Gasteiger partial charge in [0.2, 0.25) is 0 Å². The van der Waals surface area contributed by atoms with Gasteiger partial charge in [0.15, 0.2) is 0 Å². The zero-order chi connectivity index (χ0) is 21.0. The summed E-state index contributed by atoms with van der Waals surface area (Å²) in [5.74, 6) is 3.24. The van der Waals surface area contributed by atoms with Crippen molar-refractivity contribution in [2.75, 3.05) is 7.11 Å². The van der Waals surface area contributed by atoms with Crippen LogP contribution in [0.2, 0.25) is 0 Å². The monoisotopic (exact) mass is 404 g/mol. The van der Waals surface area contributed by atoms with Crippen molar-refractivity contribution < 1.29 is 19.4 Å². The zero-order valence-electron chi connectivity index (χ0n) is 18.8. The van der Waals surface area contributed by atoms with Crippen molar-refractivity contribution in [2.24, 2.45) is 46.3 Å². The molecular weight excluding hydrogens is 364 g/mol.